The van der Waals surface area contributed by atoms with Crippen LogP contribution < -0.4 is 10.1 Å². The van der Waals surface area contributed by atoms with Crippen molar-refractivity contribution in [1.29, 1.82) is 0 Å². The minimum absolute atomic E-state index is 0.305. The molecule has 1 atom stereocenters. The van der Waals surface area contributed by atoms with Gasteiger partial charge in [-0.05, 0) is 20.3 Å². The van der Waals surface area contributed by atoms with Gasteiger partial charge in [0.25, 0.3) is 0 Å². The molecule has 0 aliphatic rings. The minimum atomic E-state index is -0.823. The number of aromatic nitrogens is 2. The number of methoxy groups -OCH3 is 1. The lowest BCUT2D eigenvalue weighted by Crippen LogP contribution is -2.34. The molecular formula is C12H19N3O3. The van der Waals surface area contributed by atoms with Gasteiger partial charge in [0.15, 0.2) is 0 Å². The zero-order valence-electron chi connectivity index (χ0n) is 11.1. The van der Waals surface area contributed by atoms with Gasteiger partial charge in [0.1, 0.15) is 12.1 Å². The standard InChI is InChI=1S/C12H19N3O3/c1-5-12(3,11(16)17)6-13-9-8(2)10(18-4)15-7-14-9/h7H,5-6H2,1-4H3,(H,16,17)(H,13,14,15). The molecular weight excluding hydrogens is 234 g/mol. The van der Waals surface area contributed by atoms with Crippen molar-refractivity contribution in [2.75, 3.05) is 19.0 Å². The molecule has 1 aromatic heterocycles. The number of ether oxygens (including phenoxy) is 1. The third-order valence-corrected chi connectivity index (χ3v) is 3.17. The summed E-state index contributed by atoms with van der Waals surface area (Å²) in [5.74, 6) is 0.264. The Labute approximate surface area is 106 Å². The molecule has 0 fully saturated rings. The molecule has 0 amide bonds. The van der Waals surface area contributed by atoms with E-state index in [4.69, 9.17) is 4.74 Å². The van der Waals surface area contributed by atoms with E-state index < -0.39 is 11.4 Å². The van der Waals surface area contributed by atoms with Crippen molar-refractivity contribution in [2.45, 2.75) is 27.2 Å². The lowest BCUT2D eigenvalue weighted by molar-refractivity contribution is -0.147. The van der Waals surface area contributed by atoms with Gasteiger partial charge in [-0.2, -0.15) is 0 Å². The van der Waals surface area contributed by atoms with Crippen LogP contribution in [0.15, 0.2) is 6.33 Å². The van der Waals surface area contributed by atoms with Crippen LogP contribution in [0.3, 0.4) is 0 Å². The third-order valence-electron chi connectivity index (χ3n) is 3.17. The maximum atomic E-state index is 11.2. The molecule has 100 valence electrons. The highest BCUT2D eigenvalue weighted by atomic mass is 16.5. The van der Waals surface area contributed by atoms with Crippen LogP contribution >= 0.6 is 0 Å². The molecule has 6 heteroatoms. The molecule has 1 aromatic rings. The summed E-state index contributed by atoms with van der Waals surface area (Å²) >= 11 is 0. The number of carbonyl (C=O) groups is 1. The van der Waals surface area contributed by atoms with Gasteiger partial charge in [-0.1, -0.05) is 6.92 Å². The number of anilines is 1. The van der Waals surface area contributed by atoms with Crippen LogP contribution in [0.5, 0.6) is 5.88 Å². The Morgan fingerprint density at radius 2 is 2.22 bits per heavy atom. The fraction of sp³-hybridized carbons (Fsp3) is 0.583. The smallest absolute Gasteiger partial charge is 0.311 e. The van der Waals surface area contributed by atoms with Gasteiger partial charge < -0.3 is 15.2 Å². The highest BCUT2D eigenvalue weighted by molar-refractivity contribution is 5.75. The van der Waals surface area contributed by atoms with Crippen LogP contribution in [0.1, 0.15) is 25.8 Å². The fourth-order valence-corrected chi connectivity index (χ4v) is 1.45. The van der Waals surface area contributed by atoms with Crippen molar-refractivity contribution < 1.29 is 14.6 Å². The highest BCUT2D eigenvalue weighted by Gasteiger charge is 2.31. The summed E-state index contributed by atoms with van der Waals surface area (Å²) in [5, 5.41) is 12.2. The molecule has 6 nitrogen and oxygen atoms in total. The van der Waals surface area contributed by atoms with E-state index in [1.165, 1.54) is 13.4 Å². The van der Waals surface area contributed by atoms with Crippen molar-refractivity contribution in [2.24, 2.45) is 5.41 Å². The second-order valence-electron chi connectivity index (χ2n) is 4.43. The van der Waals surface area contributed by atoms with E-state index in [-0.39, 0.29) is 0 Å². The molecule has 0 saturated heterocycles. The molecule has 1 heterocycles. The molecule has 0 radical (unpaired) electrons. The average molecular weight is 253 g/mol. The summed E-state index contributed by atoms with van der Waals surface area (Å²) in [6.45, 7) is 5.68. The van der Waals surface area contributed by atoms with Gasteiger partial charge in [0.05, 0.1) is 18.1 Å². The largest absolute Gasteiger partial charge is 0.481 e. The molecule has 0 aromatic carbocycles. The van der Waals surface area contributed by atoms with Crippen molar-refractivity contribution >= 4 is 11.8 Å². The van der Waals surface area contributed by atoms with Crippen LogP contribution in [-0.4, -0.2) is 34.7 Å². The van der Waals surface area contributed by atoms with Gasteiger partial charge in [0, 0.05) is 6.54 Å². The lowest BCUT2D eigenvalue weighted by Gasteiger charge is -2.24. The molecule has 1 unspecified atom stereocenters. The number of carboxylic acids is 1. The van der Waals surface area contributed by atoms with Crippen LogP contribution in [0.2, 0.25) is 0 Å². The number of aliphatic carboxylic acids is 1. The van der Waals surface area contributed by atoms with Crippen LogP contribution in [0.25, 0.3) is 0 Å². The molecule has 0 saturated carbocycles. The number of nitrogens with one attached hydrogen (secondary N) is 1. The Morgan fingerprint density at radius 3 is 2.72 bits per heavy atom. The summed E-state index contributed by atoms with van der Waals surface area (Å²) in [6, 6.07) is 0. The molecule has 18 heavy (non-hydrogen) atoms. The first-order chi connectivity index (χ1) is 8.44. The number of hydrogen-bond donors (Lipinski definition) is 2. The zero-order chi connectivity index (χ0) is 13.8. The summed E-state index contributed by atoms with van der Waals surface area (Å²) < 4.78 is 5.08. The van der Waals surface area contributed by atoms with E-state index in [0.29, 0.717) is 24.7 Å². The number of nitrogens with zero attached hydrogens (tertiary/aromatic N) is 2. The summed E-state index contributed by atoms with van der Waals surface area (Å²) in [4.78, 5) is 19.2. The summed E-state index contributed by atoms with van der Waals surface area (Å²) in [6.07, 6.45) is 1.93. The van der Waals surface area contributed by atoms with E-state index in [1.54, 1.807) is 6.92 Å². The maximum absolute atomic E-state index is 11.2. The second-order valence-corrected chi connectivity index (χ2v) is 4.43. The van der Waals surface area contributed by atoms with E-state index in [0.717, 1.165) is 5.56 Å². The molecule has 0 aliphatic carbocycles. The van der Waals surface area contributed by atoms with Crippen LogP contribution in [-0.2, 0) is 4.79 Å². The van der Waals surface area contributed by atoms with Crippen LogP contribution in [0, 0.1) is 12.3 Å². The number of rotatable bonds is 6. The van der Waals surface area contributed by atoms with Gasteiger partial charge >= 0.3 is 5.97 Å². The topological polar surface area (TPSA) is 84.3 Å². The van der Waals surface area contributed by atoms with Gasteiger partial charge in [-0.15, -0.1) is 0 Å². The van der Waals surface area contributed by atoms with Crippen molar-refractivity contribution in [3.8, 4) is 5.88 Å². The normalized spacial score (nSPS) is 13.8. The predicted octanol–water partition coefficient (Wildman–Crippen LogP) is 1.71. The first-order valence-electron chi connectivity index (χ1n) is 5.77. The SMILES string of the molecule is CCC(C)(CNc1ncnc(OC)c1C)C(=O)O. The Morgan fingerprint density at radius 1 is 1.56 bits per heavy atom. The quantitative estimate of drug-likeness (QED) is 0.802. The lowest BCUT2D eigenvalue weighted by atomic mass is 9.88. The first-order valence-corrected chi connectivity index (χ1v) is 5.77. The Balaban J connectivity index is 2.83. The molecule has 0 bridgehead atoms. The fourth-order valence-electron chi connectivity index (χ4n) is 1.45. The molecule has 2 N–H and O–H groups in total. The monoisotopic (exact) mass is 253 g/mol. The predicted molar refractivity (Wildman–Crippen MR) is 67.8 cm³/mol. The number of hydrogen-bond acceptors (Lipinski definition) is 5. The zero-order valence-corrected chi connectivity index (χ0v) is 11.1. The van der Waals surface area contributed by atoms with Gasteiger partial charge in [0.2, 0.25) is 5.88 Å². The van der Waals surface area contributed by atoms with Crippen molar-refractivity contribution in [1.82, 2.24) is 9.97 Å². The Bertz CT molecular complexity index is 437. The Kier molecular flexibility index (Phi) is 4.47. The average Bonchev–Trinajstić information content (AvgIpc) is 2.37. The highest BCUT2D eigenvalue weighted by Crippen LogP contribution is 2.24. The van der Waals surface area contributed by atoms with Crippen molar-refractivity contribution in [3.63, 3.8) is 0 Å². The van der Waals surface area contributed by atoms with E-state index in [2.05, 4.69) is 15.3 Å². The first kappa shape index (κ1) is 14.2. The van der Waals surface area contributed by atoms with Gasteiger partial charge in [-0.25, -0.2) is 9.97 Å². The van der Waals surface area contributed by atoms with Crippen molar-refractivity contribution in [3.05, 3.63) is 11.9 Å². The van der Waals surface area contributed by atoms with Gasteiger partial charge in [-0.3, -0.25) is 4.79 Å². The third kappa shape index (κ3) is 2.88. The van der Waals surface area contributed by atoms with Crippen LogP contribution in [0.4, 0.5) is 5.82 Å². The summed E-state index contributed by atoms with van der Waals surface area (Å²) in [7, 11) is 1.53. The van der Waals surface area contributed by atoms with E-state index >= 15 is 0 Å². The van der Waals surface area contributed by atoms with E-state index in [1.807, 2.05) is 13.8 Å². The molecule has 0 aliphatic heterocycles. The maximum Gasteiger partial charge on any atom is 0.311 e. The molecule has 0 spiro atoms. The minimum Gasteiger partial charge on any atom is -0.481 e. The Hall–Kier alpha value is -1.85. The second kappa shape index (κ2) is 5.66. The summed E-state index contributed by atoms with van der Waals surface area (Å²) in [5.41, 5.74) is -0.0474. The number of carboxylic acid groups (broad SMARTS) is 1. The molecule has 1 rings (SSSR count). The van der Waals surface area contributed by atoms with E-state index in [9.17, 15) is 9.90 Å².